The van der Waals surface area contributed by atoms with Crippen LogP contribution in [0.2, 0.25) is 6.04 Å². The molecule has 2 aliphatic heterocycles. The van der Waals surface area contributed by atoms with Gasteiger partial charge in [0.05, 0.1) is 0 Å². The first-order valence-electron chi connectivity index (χ1n) is 5.53. The summed E-state index contributed by atoms with van der Waals surface area (Å²) in [6.07, 6.45) is 1.31. The number of aryl methyl sites for hydroxylation is 1. The third-order valence-electron chi connectivity index (χ3n) is 3.64. The molecule has 4 rings (SSSR count). The van der Waals surface area contributed by atoms with Crippen molar-refractivity contribution in [3.63, 3.8) is 0 Å². The summed E-state index contributed by atoms with van der Waals surface area (Å²) in [6.45, 7) is 0. The second-order valence-electron chi connectivity index (χ2n) is 4.36. The van der Waals surface area contributed by atoms with Crippen LogP contribution in [0.5, 0.6) is 0 Å². The van der Waals surface area contributed by atoms with Crippen molar-refractivity contribution in [1.29, 1.82) is 0 Å². The molecule has 2 aromatic carbocycles. The van der Waals surface area contributed by atoms with Gasteiger partial charge in [0, 0.05) is 0 Å². The lowest BCUT2D eigenvalue weighted by molar-refractivity contribution is 1.17. The molecule has 2 aromatic rings. The van der Waals surface area contributed by atoms with E-state index in [-0.39, 0.29) is 8.80 Å². The standard InChI is InChI=1S/C14H11Si/c1-2-7-13-11(5-1)12-6-3-4-10-8-9-15(13)14(10)12/h1-7H,8-9H2. The van der Waals surface area contributed by atoms with Crippen molar-refractivity contribution in [3.05, 3.63) is 48.0 Å². The minimum absolute atomic E-state index is 0.372. The quantitative estimate of drug-likeness (QED) is 0.578. The van der Waals surface area contributed by atoms with Gasteiger partial charge in [-0.15, -0.1) is 0 Å². The third kappa shape index (κ3) is 0.870. The van der Waals surface area contributed by atoms with Crippen molar-refractivity contribution in [3.8, 4) is 11.1 Å². The zero-order valence-corrected chi connectivity index (χ0v) is 9.46. The van der Waals surface area contributed by atoms with Crippen LogP contribution in [0.1, 0.15) is 5.56 Å². The second kappa shape index (κ2) is 2.61. The zero-order chi connectivity index (χ0) is 9.83. The summed E-state index contributed by atoms with van der Waals surface area (Å²) in [5, 5.41) is 3.38. The van der Waals surface area contributed by atoms with Crippen LogP contribution < -0.4 is 10.4 Å². The van der Waals surface area contributed by atoms with Crippen LogP contribution in [0.4, 0.5) is 0 Å². The maximum absolute atomic E-state index is 2.35. The van der Waals surface area contributed by atoms with Crippen LogP contribution in [-0.2, 0) is 6.42 Å². The van der Waals surface area contributed by atoms with Crippen molar-refractivity contribution in [2.75, 3.05) is 0 Å². The van der Waals surface area contributed by atoms with Gasteiger partial charge in [0.1, 0.15) is 8.80 Å². The van der Waals surface area contributed by atoms with Gasteiger partial charge >= 0.3 is 0 Å². The van der Waals surface area contributed by atoms with Gasteiger partial charge in [-0.05, 0) is 39.5 Å². The maximum atomic E-state index is 2.35. The fourth-order valence-corrected chi connectivity index (χ4v) is 6.31. The van der Waals surface area contributed by atoms with E-state index in [1.807, 2.05) is 0 Å². The summed E-state index contributed by atoms with van der Waals surface area (Å²) in [7, 11) is -0.372. The fourth-order valence-electron chi connectivity index (χ4n) is 3.02. The molecule has 0 nitrogen and oxygen atoms in total. The van der Waals surface area contributed by atoms with E-state index in [4.69, 9.17) is 0 Å². The minimum Gasteiger partial charge on any atom is -0.0623 e. The van der Waals surface area contributed by atoms with Gasteiger partial charge < -0.3 is 0 Å². The summed E-state index contributed by atoms with van der Waals surface area (Å²) in [6, 6.07) is 17.3. The predicted octanol–water partition coefficient (Wildman–Crippen LogP) is 1.83. The Kier molecular flexibility index (Phi) is 1.37. The first-order valence-corrected chi connectivity index (χ1v) is 7.24. The monoisotopic (exact) mass is 207 g/mol. The van der Waals surface area contributed by atoms with Crippen LogP contribution in [0, 0.1) is 0 Å². The third-order valence-corrected chi connectivity index (χ3v) is 6.67. The van der Waals surface area contributed by atoms with Gasteiger partial charge in [0.25, 0.3) is 0 Å². The van der Waals surface area contributed by atoms with E-state index in [0.29, 0.717) is 0 Å². The van der Waals surface area contributed by atoms with E-state index in [9.17, 15) is 0 Å². The number of benzene rings is 2. The molecule has 2 aliphatic rings. The molecule has 0 fully saturated rings. The molecule has 1 radical (unpaired) electrons. The molecule has 1 heteroatoms. The molecule has 0 atom stereocenters. The number of fused-ring (bicyclic) bond motifs is 3. The highest BCUT2D eigenvalue weighted by Gasteiger charge is 2.35. The molecule has 0 saturated carbocycles. The molecule has 0 saturated heterocycles. The van der Waals surface area contributed by atoms with E-state index in [0.717, 1.165) is 0 Å². The molecule has 0 spiro atoms. The molecule has 71 valence electrons. The average molecular weight is 207 g/mol. The van der Waals surface area contributed by atoms with Crippen molar-refractivity contribution in [2.24, 2.45) is 0 Å². The molecule has 0 aromatic heterocycles. The largest absolute Gasteiger partial charge is 0.123 e. The summed E-state index contributed by atoms with van der Waals surface area (Å²) >= 11 is 0. The molecule has 0 aliphatic carbocycles. The van der Waals surface area contributed by atoms with Gasteiger partial charge in [-0.3, -0.25) is 0 Å². The Balaban J connectivity index is 2.14. The average Bonchev–Trinajstić information content (AvgIpc) is 2.85. The lowest BCUT2D eigenvalue weighted by atomic mass is 10.0. The first-order chi connectivity index (χ1) is 7.45. The van der Waals surface area contributed by atoms with Crippen molar-refractivity contribution in [2.45, 2.75) is 12.5 Å². The summed E-state index contributed by atoms with van der Waals surface area (Å²) < 4.78 is 0. The van der Waals surface area contributed by atoms with E-state index in [1.165, 1.54) is 23.6 Å². The Morgan fingerprint density at radius 3 is 2.73 bits per heavy atom. The Bertz CT molecular complexity index is 557. The smallest absolute Gasteiger partial charge is 0.0623 e. The highest BCUT2D eigenvalue weighted by atomic mass is 28.3. The van der Waals surface area contributed by atoms with E-state index < -0.39 is 0 Å². The maximum Gasteiger partial charge on any atom is 0.123 e. The van der Waals surface area contributed by atoms with Crippen molar-refractivity contribution < 1.29 is 0 Å². The molecular formula is C14H11Si. The molecular weight excluding hydrogens is 196 g/mol. The summed E-state index contributed by atoms with van der Waals surface area (Å²) in [5.41, 5.74) is 4.68. The zero-order valence-electron chi connectivity index (χ0n) is 8.46. The van der Waals surface area contributed by atoms with Crippen LogP contribution >= 0.6 is 0 Å². The Morgan fingerprint density at radius 1 is 0.867 bits per heavy atom. The Labute approximate surface area is 91.2 Å². The SMILES string of the molecule is c1ccc2c(c1)-c1cccc3c1[Si]2CC3. The van der Waals surface area contributed by atoms with E-state index in [2.05, 4.69) is 42.5 Å². The molecule has 0 amide bonds. The summed E-state index contributed by atoms with van der Waals surface area (Å²) in [5.74, 6) is 0. The highest BCUT2D eigenvalue weighted by molar-refractivity contribution is 6.90. The van der Waals surface area contributed by atoms with Crippen molar-refractivity contribution >= 4 is 19.2 Å². The normalized spacial score (nSPS) is 16.5. The first kappa shape index (κ1) is 7.89. The van der Waals surface area contributed by atoms with E-state index >= 15 is 0 Å². The van der Waals surface area contributed by atoms with Gasteiger partial charge in [-0.1, -0.05) is 42.5 Å². The predicted molar refractivity (Wildman–Crippen MR) is 65.4 cm³/mol. The lowest BCUT2D eigenvalue weighted by Gasteiger charge is -2.03. The molecule has 0 N–H and O–H groups in total. The second-order valence-corrected chi connectivity index (χ2v) is 6.86. The van der Waals surface area contributed by atoms with Crippen LogP contribution in [-0.4, -0.2) is 8.80 Å². The molecule has 0 unspecified atom stereocenters. The topological polar surface area (TPSA) is 0 Å². The molecule has 15 heavy (non-hydrogen) atoms. The van der Waals surface area contributed by atoms with Gasteiger partial charge in [-0.2, -0.15) is 0 Å². The lowest BCUT2D eigenvalue weighted by Crippen LogP contribution is -2.34. The fraction of sp³-hybridized carbons (Fsp3) is 0.143. The molecule has 2 heterocycles. The van der Waals surface area contributed by atoms with Crippen molar-refractivity contribution in [1.82, 2.24) is 0 Å². The van der Waals surface area contributed by atoms with Crippen LogP contribution in [0.25, 0.3) is 11.1 Å². The Morgan fingerprint density at radius 2 is 1.73 bits per heavy atom. The number of hydrogen-bond donors (Lipinski definition) is 0. The van der Waals surface area contributed by atoms with Gasteiger partial charge in [-0.25, -0.2) is 0 Å². The Hall–Kier alpha value is -1.34. The number of rotatable bonds is 0. The van der Waals surface area contributed by atoms with Crippen LogP contribution in [0.15, 0.2) is 42.5 Å². The van der Waals surface area contributed by atoms with E-state index in [1.54, 1.807) is 15.9 Å². The summed E-state index contributed by atoms with van der Waals surface area (Å²) in [4.78, 5) is 0. The van der Waals surface area contributed by atoms with Gasteiger partial charge in [0.2, 0.25) is 0 Å². The highest BCUT2D eigenvalue weighted by Crippen LogP contribution is 2.29. The molecule has 0 bridgehead atoms. The van der Waals surface area contributed by atoms with Crippen LogP contribution in [0.3, 0.4) is 0 Å². The van der Waals surface area contributed by atoms with Gasteiger partial charge in [0.15, 0.2) is 0 Å². The number of hydrogen-bond acceptors (Lipinski definition) is 0. The minimum atomic E-state index is -0.372.